The number of anilines is 1. The Balaban J connectivity index is 2.16. The summed E-state index contributed by atoms with van der Waals surface area (Å²) in [6, 6.07) is 5.06. The highest BCUT2D eigenvalue weighted by atomic mass is 19.1. The molecule has 1 fully saturated rings. The number of benzene rings is 1. The maximum absolute atomic E-state index is 13.9. The molecule has 0 bridgehead atoms. The van der Waals surface area contributed by atoms with Gasteiger partial charge in [0.05, 0.1) is 5.60 Å². The van der Waals surface area contributed by atoms with Gasteiger partial charge in [0.15, 0.2) is 0 Å². The molecule has 4 nitrogen and oxygen atoms in total. The van der Waals surface area contributed by atoms with Gasteiger partial charge < -0.3 is 20.1 Å². The van der Waals surface area contributed by atoms with E-state index in [1.807, 2.05) is 18.0 Å². The molecule has 1 heterocycles. The van der Waals surface area contributed by atoms with E-state index >= 15 is 0 Å². The Hall–Kier alpha value is -1.17. The van der Waals surface area contributed by atoms with Crippen LogP contribution in [-0.4, -0.2) is 44.6 Å². The highest BCUT2D eigenvalue weighted by molar-refractivity contribution is 5.54. The van der Waals surface area contributed by atoms with Crippen molar-refractivity contribution in [3.05, 3.63) is 29.6 Å². The zero-order valence-electron chi connectivity index (χ0n) is 12.2. The summed E-state index contributed by atoms with van der Waals surface area (Å²) in [6.07, 6.45) is 1.24. The van der Waals surface area contributed by atoms with Crippen LogP contribution in [0.1, 0.15) is 18.4 Å². The molecule has 0 spiro atoms. The molecule has 2 N–H and O–H groups in total. The van der Waals surface area contributed by atoms with Gasteiger partial charge in [-0.25, -0.2) is 4.39 Å². The van der Waals surface area contributed by atoms with Crippen molar-refractivity contribution in [2.75, 3.05) is 38.8 Å². The molecule has 0 aromatic heterocycles. The van der Waals surface area contributed by atoms with E-state index in [1.54, 1.807) is 13.1 Å². The van der Waals surface area contributed by atoms with Crippen LogP contribution in [0.2, 0.25) is 0 Å². The molecule has 0 saturated carbocycles. The number of hydrogen-bond acceptors (Lipinski definition) is 4. The molecule has 0 unspecified atom stereocenters. The molecule has 20 heavy (non-hydrogen) atoms. The predicted molar refractivity (Wildman–Crippen MR) is 77.4 cm³/mol. The topological polar surface area (TPSA) is 44.7 Å². The van der Waals surface area contributed by atoms with Gasteiger partial charge in [-0.15, -0.1) is 0 Å². The quantitative estimate of drug-likeness (QED) is 0.859. The fraction of sp³-hybridized carbons (Fsp3) is 0.600. The monoisotopic (exact) mass is 282 g/mol. The maximum atomic E-state index is 13.9. The fourth-order valence-corrected chi connectivity index (χ4v) is 2.69. The standard InChI is InChI=1S/C15H23FN2O2/c1-17-10-12-13(16)4-3-5-14(12)18(2)11-15(19)6-8-20-9-7-15/h3-5,17,19H,6-11H2,1-2H3. The molecular formula is C15H23FN2O2. The summed E-state index contributed by atoms with van der Waals surface area (Å²) in [7, 11) is 3.68. The zero-order chi connectivity index (χ0) is 14.6. The van der Waals surface area contributed by atoms with Crippen LogP contribution in [0.15, 0.2) is 18.2 Å². The fourth-order valence-electron chi connectivity index (χ4n) is 2.69. The molecule has 112 valence electrons. The first kappa shape index (κ1) is 15.2. The van der Waals surface area contributed by atoms with Gasteiger partial charge in [0, 0.05) is 57.4 Å². The second-order valence-corrected chi connectivity index (χ2v) is 5.46. The third kappa shape index (κ3) is 3.48. The third-order valence-corrected chi connectivity index (χ3v) is 3.81. The van der Waals surface area contributed by atoms with Crippen LogP contribution >= 0.6 is 0 Å². The van der Waals surface area contributed by atoms with Crippen LogP contribution in [0.3, 0.4) is 0 Å². The number of rotatable bonds is 5. The summed E-state index contributed by atoms with van der Waals surface area (Å²) in [5.74, 6) is -0.220. The second-order valence-electron chi connectivity index (χ2n) is 5.46. The average Bonchev–Trinajstić information content (AvgIpc) is 2.41. The average molecular weight is 282 g/mol. The Morgan fingerprint density at radius 1 is 1.40 bits per heavy atom. The van der Waals surface area contributed by atoms with Crippen molar-refractivity contribution in [2.45, 2.75) is 25.0 Å². The van der Waals surface area contributed by atoms with E-state index in [-0.39, 0.29) is 5.82 Å². The first-order valence-corrected chi connectivity index (χ1v) is 6.99. The normalized spacial score (nSPS) is 18.0. The molecule has 5 heteroatoms. The summed E-state index contributed by atoms with van der Waals surface area (Å²) in [6.45, 7) is 2.11. The van der Waals surface area contributed by atoms with Gasteiger partial charge in [-0.3, -0.25) is 0 Å². The summed E-state index contributed by atoms with van der Waals surface area (Å²) in [4.78, 5) is 1.93. The Morgan fingerprint density at radius 3 is 2.75 bits per heavy atom. The SMILES string of the molecule is CNCc1c(F)cccc1N(C)CC1(O)CCOCC1. The van der Waals surface area contributed by atoms with Gasteiger partial charge >= 0.3 is 0 Å². The van der Waals surface area contributed by atoms with E-state index in [1.165, 1.54) is 6.07 Å². The van der Waals surface area contributed by atoms with E-state index in [0.717, 1.165) is 5.69 Å². The largest absolute Gasteiger partial charge is 0.388 e. The molecular weight excluding hydrogens is 259 g/mol. The summed E-state index contributed by atoms with van der Waals surface area (Å²) in [5.41, 5.74) is 0.698. The van der Waals surface area contributed by atoms with Crippen molar-refractivity contribution >= 4 is 5.69 Å². The molecule has 1 aliphatic rings. The van der Waals surface area contributed by atoms with E-state index in [4.69, 9.17) is 4.74 Å². The molecule has 1 aliphatic heterocycles. The number of aliphatic hydroxyl groups is 1. The zero-order valence-corrected chi connectivity index (χ0v) is 12.2. The van der Waals surface area contributed by atoms with Crippen molar-refractivity contribution in [2.24, 2.45) is 0 Å². The number of hydrogen-bond donors (Lipinski definition) is 2. The number of likely N-dealkylation sites (N-methyl/N-ethyl adjacent to an activating group) is 1. The van der Waals surface area contributed by atoms with Gasteiger partial charge in [-0.1, -0.05) is 6.07 Å². The second kappa shape index (κ2) is 6.52. The van der Waals surface area contributed by atoms with E-state index in [0.29, 0.717) is 44.7 Å². The maximum Gasteiger partial charge on any atom is 0.129 e. The van der Waals surface area contributed by atoms with Crippen LogP contribution in [0, 0.1) is 5.82 Å². The minimum Gasteiger partial charge on any atom is -0.388 e. The van der Waals surface area contributed by atoms with Gasteiger partial charge in [-0.2, -0.15) is 0 Å². The summed E-state index contributed by atoms with van der Waals surface area (Å²) in [5, 5.41) is 13.5. The van der Waals surface area contributed by atoms with E-state index < -0.39 is 5.60 Å². The van der Waals surface area contributed by atoms with Crippen LogP contribution < -0.4 is 10.2 Å². The number of nitrogens with zero attached hydrogens (tertiary/aromatic N) is 1. The van der Waals surface area contributed by atoms with Crippen LogP contribution in [-0.2, 0) is 11.3 Å². The molecule has 0 atom stereocenters. The Kier molecular flexibility index (Phi) is 4.96. The Bertz CT molecular complexity index is 447. The smallest absolute Gasteiger partial charge is 0.129 e. The third-order valence-electron chi connectivity index (χ3n) is 3.81. The lowest BCUT2D eigenvalue weighted by atomic mass is 9.93. The van der Waals surface area contributed by atoms with Crippen molar-refractivity contribution in [3.8, 4) is 0 Å². The minimum atomic E-state index is -0.754. The van der Waals surface area contributed by atoms with Gasteiger partial charge in [0.2, 0.25) is 0 Å². The van der Waals surface area contributed by atoms with Gasteiger partial charge in [0.1, 0.15) is 5.82 Å². The molecule has 0 aliphatic carbocycles. The van der Waals surface area contributed by atoms with Crippen molar-refractivity contribution in [1.29, 1.82) is 0 Å². The highest BCUT2D eigenvalue weighted by Gasteiger charge is 2.31. The van der Waals surface area contributed by atoms with Crippen LogP contribution in [0.4, 0.5) is 10.1 Å². The Morgan fingerprint density at radius 2 is 2.10 bits per heavy atom. The number of ether oxygens (including phenoxy) is 1. The number of halogens is 1. The lowest BCUT2D eigenvalue weighted by molar-refractivity contribution is -0.0572. The summed E-state index contributed by atoms with van der Waals surface area (Å²) < 4.78 is 19.2. The lowest BCUT2D eigenvalue weighted by Crippen LogP contribution is -2.46. The molecule has 0 amide bonds. The van der Waals surface area contributed by atoms with Crippen molar-refractivity contribution in [3.63, 3.8) is 0 Å². The number of nitrogens with one attached hydrogen (secondary N) is 1. The predicted octanol–water partition coefficient (Wildman–Crippen LogP) is 1.52. The van der Waals surface area contributed by atoms with E-state index in [2.05, 4.69) is 5.32 Å². The van der Waals surface area contributed by atoms with Crippen molar-refractivity contribution < 1.29 is 14.2 Å². The first-order valence-electron chi connectivity index (χ1n) is 6.99. The first-order chi connectivity index (χ1) is 9.56. The van der Waals surface area contributed by atoms with Crippen LogP contribution in [0.25, 0.3) is 0 Å². The van der Waals surface area contributed by atoms with Gasteiger partial charge in [-0.05, 0) is 19.2 Å². The molecule has 1 aromatic carbocycles. The lowest BCUT2D eigenvalue weighted by Gasteiger charge is -2.36. The molecule has 1 aromatic rings. The van der Waals surface area contributed by atoms with Crippen LogP contribution in [0.5, 0.6) is 0 Å². The van der Waals surface area contributed by atoms with Gasteiger partial charge in [0.25, 0.3) is 0 Å². The van der Waals surface area contributed by atoms with E-state index in [9.17, 15) is 9.50 Å². The van der Waals surface area contributed by atoms with Crippen molar-refractivity contribution in [1.82, 2.24) is 5.32 Å². The summed E-state index contributed by atoms with van der Waals surface area (Å²) >= 11 is 0. The minimum absolute atomic E-state index is 0.220. The molecule has 2 rings (SSSR count). The molecule has 0 radical (unpaired) electrons. The highest BCUT2D eigenvalue weighted by Crippen LogP contribution is 2.27. The Labute approximate surface area is 119 Å². The molecule has 1 saturated heterocycles.